The molecule has 0 spiro atoms. The molecular formula is C14H22OS. The Balaban J connectivity index is 3.46. The summed E-state index contributed by atoms with van der Waals surface area (Å²) in [4.78, 5) is 0.695. The van der Waals surface area contributed by atoms with E-state index in [1.807, 2.05) is 6.07 Å². The monoisotopic (exact) mass is 238 g/mol. The van der Waals surface area contributed by atoms with Crippen molar-refractivity contribution in [2.45, 2.75) is 57.3 Å². The first-order chi connectivity index (χ1) is 7.03. The van der Waals surface area contributed by atoms with E-state index in [2.05, 4.69) is 60.2 Å². The number of aromatic hydroxyl groups is 1. The topological polar surface area (TPSA) is 20.2 Å². The zero-order valence-corrected chi connectivity index (χ0v) is 11.9. The van der Waals surface area contributed by atoms with E-state index in [9.17, 15) is 5.11 Å². The smallest absolute Gasteiger partial charge is 0.129 e. The average Bonchev–Trinajstić information content (AvgIpc) is 2.05. The van der Waals surface area contributed by atoms with Gasteiger partial charge in [-0.15, -0.1) is 12.6 Å². The fraction of sp³-hybridized carbons (Fsp3) is 0.571. The molecule has 0 radical (unpaired) electrons. The summed E-state index contributed by atoms with van der Waals surface area (Å²) in [5, 5.41) is 9.93. The molecule has 0 aliphatic carbocycles. The van der Waals surface area contributed by atoms with Gasteiger partial charge in [0, 0.05) is 4.90 Å². The van der Waals surface area contributed by atoms with Crippen LogP contribution in [0.2, 0.25) is 0 Å². The molecule has 0 saturated carbocycles. The first-order valence-corrected chi connectivity index (χ1v) is 6.05. The van der Waals surface area contributed by atoms with E-state index < -0.39 is 0 Å². The van der Waals surface area contributed by atoms with E-state index in [0.29, 0.717) is 4.90 Å². The minimum Gasteiger partial charge on any atom is -0.507 e. The minimum atomic E-state index is -0.00414. The molecule has 0 atom stereocenters. The number of rotatable bonds is 0. The van der Waals surface area contributed by atoms with Crippen molar-refractivity contribution < 1.29 is 5.11 Å². The Kier molecular flexibility index (Phi) is 3.35. The molecule has 0 bridgehead atoms. The van der Waals surface area contributed by atoms with Crippen LogP contribution in [0.25, 0.3) is 0 Å². The van der Waals surface area contributed by atoms with Gasteiger partial charge in [0.15, 0.2) is 0 Å². The summed E-state index contributed by atoms with van der Waals surface area (Å²) in [7, 11) is 0. The first-order valence-electron chi connectivity index (χ1n) is 5.60. The maximum absolute atomic E-state index is 9.93. The highest BCUT2D eigenvalue weighted by Gasteiger charge is 2.23. The molecule has 1 rings (SSSR count). The normalized spacial score (nSPS) is 12.9. The van der Waals surface area contributed by atoms with Crippen molar-refractivity contribution in [3.05, 3.63) is 23.3 Å². The molecule has 16 heavy (non-hydrogen) atoms. The molecule has 90 valence electrons. The van der Waals surface area contributed by atoms with Gasteiger partial charge in [-0.25, -0.2) is 0 Å². The summed E-state index contributed by atoms with van der Waals surface area (Å²) in [5.41, 5.74) is 2.28. The standard InChI is InChI=1S/C14H22OS/c1-13(2,3)9-7-10(14(4,5)6)12(16)11(15)8-9/h7-8,15-16H,1-6H3. The number of phenolic OH excluding ortho intramolecular Hbond substituents is 1. The SMILES string of the molecule is CC(C)(C)c1cc(O)c(S)c(C(C)(C)C)c1. The zero-order valence-electron chi connectivity index (χ0n) is 11.0. The third-order valence-corrected chi connectivity index (χ3v) is 3.23. The van der Waals surface area contributed by atoms with Gasteiger partial charge in [-0.05, 0) is 28.0 Å². The van der Waals surface area contributed by atoms with E-state index in [4.69, 9.17) is 0 Å². The van der Waals surface area contributed by atoms with Crippen molar-refractivity contribution in [2.24, 2.45) is 0 Å². The molecular weight excluding hydrogens is 216 g/mol. The van der Waals surface area contributed by atoms with Gasteiger partial charge >= 0.3 is 0 Å². The van der Waals surface area contributed by atoms with Crippen LogP contribution in [0.5, 0.6) is 5.75 Å². The fourth-order valence-corrected chi connectivity index (χ4v) is 2.09. The summed E-state index contributed by atoms with van der Waals surface area (Å²) < 4.78 is 0. The maximum Gasteiger partial charge on any atom is 0.129 e. The van der Waals surface area contributed by atoms with Crippen molar-refractivity contribution in [1.29, 1.82) is 0 Å². The van der Waals surface area contributed by atoms with Crippen molar-refractivity contribution in [3.63, 3.8) is 0 Å². The first kappa shape index (κ1) is 13.4. The van der Waals surface area contributed by atoms with Crippen LogP contribution in [0.3, 0.4) is 0 Å². The lowest BCUT2D eigenvalue weighted by Crippen LogP contribution is -2.17. The third kappa shape index (κ3) is 2.73. The number of benzene rings is 1. The predicted molar refractivity (Wildman–Crippen MR) is 72.8 cm³/mol. The zero-order chi connectivity index (χ0) is 12.7. The summed E-state index contributed by atoms with van der Waals surface area (Å²) >= 11 is 4.40. The Hall–Kier alpha value is -0.630. The van der Waals surface area contributed by atoms with Crippen LogP contribution in [0.15, 0.2) is 17.0 Å². The van der Waals surface area contributed by atoms with Gasteiger partial charge < -0.3 is 5.11 Å². The molecule has 2 heteroatoms. The molecule has 1 nitrogen and oxygen atoms in total. The molecule has 0 aliphatic rings. The second kappa shape index (κ2) is 3.99. The lowest BCUT2D eigenvalue weighted by atomic mass is 9.80. The molecule has 0 aliphatic heterocycles. The maximum atomic E-state index is 9.93. The van der Waals surface area contributed by atoms with E-state index >= 15 is 0 Å². The lowest BCUT2D eigenvalue weighted by molar-refractivity contribution is 0.449. The predicted octanol–water partition coefficient (Wildman–Crippen LogP) is 4.28. The van der Waals surface area contributed by atoms with E-state index in [1.54, 1.807) is 0 Å². The minimum absolute atomic E-state index is 0.00414. The molecule has 1 N–H and O–H groups in total. The fourth-order valence-electron chi connectivity index (χ4n) is 1.62. The van der Waals surface area contributed by atoms with E-state index in [1.165, 1.54) is 0 Å². The average molecular weight is 238 g/mol. The Bertz CT molecular complexity index is 394. The van der Waals surface area contributed by atoms with E-state index in [-0.39, 0.29) is 16.6 Å². The van der Waals surface area contributed by atoms with Gasteiger partial charge in [-0.1, -0.05) is 47.6 Å². The molecule has 0 amide bonds. The van der Waals surface area contributed by atoms with Gasteiger partial charge in [0.05, 0.1) is 0 Å². The Morgan fingerprint density at radius 1 is 0.938 bits per heavy atom. The van der Waals surface area contributed by atoms with Crippen LogP contribution in [-0.2, 0) is 10.8 Å². The van der Waals surface area contributed by atoms with Crippen LogP contribution in [0, 0.1) is 0 Å². The highest BCUT2D eigenvalue weighted by molar-refractivity contribution is 7.80. The number of hydrogen-bond acceptors (Lipinski definition) is 2. The Labute approximate surface area is 104 Å². The summed E-state index contributed by atoms with van der Waals surface area (Å²) in [6.07, 6.45) is 0. The van der Waals surface area contributed by atoms with Crippen LogP contribution in [-0.4, -0.2) is 5.11 Å². The second-order valence-electron chi connectivity index (χ2n) is 6.39. The summed E-state index contributed by atoms with van der Waals surface area (Å²) in [5.74, 6) is 0.278. The summed E-state index contributed by atoms with van der Waals surface area (Å²) in [6, 6.07) is 3.97. The van der Waals surface area contributed by atoms with Crippen molar-refractivity contribution in [1.82, 2.24) is 0 Å². The van der Waals surface area contributed by atoms with Crippen LogP contribution < -0.4 is 0 Å². The molecule has 0 aromatic heterocycles. The van der Waals surface area contributed by atoms with Gasteiger partial charge in [-0.2, -0.15) is 0 Å². The van der Waals surface area contributed by atoms with Gasteiger partial charge in [0.25, 0.3) is 0 Å². The number of hydrogen-bond donors (Lipinski definition) is 2. The molecule has 0 unspecified atom stereocenters. The third-order valence-electron chi connectivity index (χ3n) is 2.76. The van der Waals surface area contributed by atoms with Crippen LogP contribution >= 0.6 is 12.6 Å². The molecule has 0 fully saturated rings. The Morgan fingerprint density at radius 2 is 1.44 bits per heavy atom. The molecule has 1 aromatic rings. The Morgan fingerprint density at radius 3 is 1.81 bits per heavy atom. The second-order valence-corrected chi connectivity index (χ2v) is 6.84. The van der Waals surface area contributed by atoms with Gasteiger partial charge in [-0.3, -0.25) is 0 Å². The molecule has 0 saturated heterocycles. The highest BCUT2D eigenvalue weighted by atomic mass is 32.1. The van der Waals surface area contributed by atoms with Crippen molar-refractivity contribution >= 4 is 12.6 Å². The van der Waals surface area contributed by atoms with Crippen molar-refractivity contribution in [3.8, 4) is 5.75 Å². The molecule has 1 aromatic carbocycles. The molecule has 0 heterocycles. The quantitative estimate of drug-likeness (QED) is 0.647. The number of thiol groups is 1. The van der Waals surface area contributed by atoms with E-state index in [0.717, 1.165) is 11.1 Å². The van der Waals surface area contributed by atoms with Crippen LogP contribution in [0.4, 0.5) is 0 Å². The van der Waals surface area contributed by atoms with Gasteiger partial charge in [0.2, 0.25) is 0 Å². The highest BCUT2D eigenvalue weighted by Crippen LogP contribution is 2.38. The number of phenols is 1. The summed E-state index contributed by atoms with van der Waals surface area (Å²) in [6.45, 7) is 12.8. The van der Waals surface area contributed by atoms with Crippen molar-refractivity contribution in [2.75, 3.05) is 0 Å². The lowest BCUT2D eigenvalue weighted by Gasteiger charge is -2.26. The largest absolute Gasteiger partial charge is 0.507 e. The van der Waals surface area contributed by atoms with Gasteiger partial charge in [0.1, 0.15) is 5.75 Å². The van der Waals surface area contributed by atoms with Crippen LogP contribution in [0.1, 0.15) is 52.7 Å².